The molecule has 0 bridgehead atoms. The minimum absolute atomic E-state index is 0.00999. The number of anilines is 2. The number of carbonyl (C=O) groups excluding carboxylic acids is 3. The van der Waals surface area contributed by atoms with Gasteiger partial charge in [0.1, 0.15) is 0 Å². The first-order valence-corrected chi connectivity index (χ1v) is 8.86. The number of hydrogen-bond acceptors (Lipinski definition) is 3. The van der Waals surface area contributed by atoms with E-state index in [0.717, 1.165) is 16.8 Å². The van der Waals surface area contributed by atoms with E-state index in [1.807, 2.05) is 24.3 Å². The zero-order chi connectivity index (χ0) is 19.0. The Bertz CT molecular complexity index is 945. The molecule has 0 aliphatic carbocycles. The van der Waals surface area contributed by atoms with Gasteiger partial charge in [0.25, 0.3) is 5.91 Å². The van der Waals surface area contributed by atoms with E-state index >= 15 is 0 Å². The number of hydrogen-bond donors (Lipinski definition) is 2. The lowest BCUT2D eigenvalue weighted by Crippen LogP contribution is -2.27. The molecule has 2 aromatic carbocycles. The van der Waals surface area contributed by atoms with Crippen molar-refractivity contribution in [3.63, 3.8) is 0 Å². The van der Waals surface area contributed by atoms with Gasteiger partial charge in [-0.05, 0) is 36.2 Å². The van der Waals surface area contributed by atoms with Crippen LogP contribution in [-0.4, -0.2) is 29.2 Å². The molecular weight excluding hydrogens is 342 g/mol. The van der Waals surface area contributed by atoms with Gasteiger partial charge in [0.05, 0.1) is 0 Å². The molecule has 6 heteroatoms. The van der Waals surface area contributed by atoms with Crippen molar-refractivity contribution in [2.24, 2.45) is 0 Å². The van der Waals surface area contributed by atoms with Crippen LogP contribution >= 0.6 is 0 Å². The number of fused-ring (bicyclic) bond motifs is 2. The van der Waals surface area contributed by atoms with Crippen LogP contribution in [0.3, 0.4) is 0 Å². The standard InChI is InChI=1S/C21H19N3O3/c1-13-16-4-2-3-5-17(16)21(27)24(13)11-10-20(26)22-15-7-8-18-14(12-15)6-9-19(25)23-18/h2-5,7-8,12H,1,6,9-11H2,(H,22,26)(H,23,25). The third kappa shape index (κ3) is 3.21. The van der Waals surface area contributed by atoms with Crippen LogP contribution in [-0.2, 0) is 16.0 Å². The molecule has 2 aliphatic heterocycles. The Labute approximate surface area is 156 Å². The van der Waals surface area contributed by atoms with Crippen molar-refractivity contribution in [2.45, 2.75) is 19.3 Å². The molecule has 27 heavy (non-hydrogen) atoms. The summed E-state index contributed by atoms with van der Waals surface area (Å²) in [6, 6.07) is 12.8. The molecule has 2 aliphatic rings. The van der Waals surface area contributed by atoms with Gasteiger partial charge in [-0.1, -0.05) is 24.8 Å². The SMILES string of the molecule is C=C1c2ccccc2C(=O)N1CCC(=O)Nc1ccc2c(c1)CCC(=O)N2. The maximum absolute atomic E-state index is 12.5. The van der Waals surface area contributed by atoms with Gasteiger partial charge in [-0.25, -0.2) is 0 Å². The molecule has 2 heterocycles. The maximum atomic E-state index is 12.5. The molecule has 4 rings (SSSR count). The zero-order valence-electron chi connectivity index (χ0n) is 14.7. The molecule has 0 saturated heterocycles. The number of rotatable bonds is 4. The van der Waals surface area contributed by atoms with Crippen molar-refractivity contribution in [2.75, 3.05) is 17.2 Å². The van der Waals surface area contributed by atoms with Crippen molar-refractivity contribution in [3.8, 4) is 0 Å². The summed E-state index contributed by atoms with van der Waals surface area (Å²) in [6.45, 7) is 4.26. The summed E-state index contributed by atoms with van der Waals surface area (Å²) in [5.74, 6) is -0.282. The van der Waals surface area contributed by atoms with E-state index in [9.17, 15) is 14.4 Å². The van der Waals surface area contributed by atoms with Gasteiger partial charge in [0.15, 0.2) is 0 Å². The zero-order valence-corrected chi connectivity index (χ0v) is 14.7. The first-order chi connectivity index (χ1) is 13.0. The molecular formula is C21H19N3O3. The molecule has 136 valence electrons. The molecule has 0 saturated carbocycles. The van der Waals surface area contributed by atoms with Crippen LogP contribution in [0, 0.1) is 0 Å². The summed E-state index contributed by atoms with van der Waals surface area (Å²) in [4.78, 5) is 37.8. The van der Waals surface area contributed by atoms with Crippen LogP contribution in [0.2, 0.25) is 0 Å². The number of amides is 3. The van der Waals surface area contributed by atoms with E-state index in [1.165, 1.54) is 0 Å². The summed E-state index contributed by atoms with van der Waals surface area (Å²) < 4.78 is 0. The summed E-state index contributed by atoms with van der Waals surface area (Å²) in [5, 5.41) is 5.67. The predicted molar refractivity (Wildman–Crippen MR) is 103 cm³/mol. The summed E-state index contributed by atoms with van der Waals surface area (Å²) >= 11 is 0. The Morgan fingerprint density at radius 1 is 1.11 bits per heavy atom. The number of carbonyl (C=O) groups is 3. The molecule has 0 aromatic heterocycles. The lowest BCUT2D eigenvalue weighted by molar-refractivity contribution is -0.117. The molecule has 0 unspecified atom stereocenters. The van der Waals surface area contributed by atoms with Crippen LogP contribution in [0.25, 0.3) is 5.70 Å². The van der Waals surface area contributed by atoms with Crippen molar-refractivity contribution in [1.29, 1.82) is 0 Å². The van der Waals surface area contributed by atoms with E-state index in [0.29, 0.717) is 29.8 Å². The fourth-order valence-corrected chi connectivity index (χ4v) is 3.47. The third-order valence-electron chi connectivity index (χ3n) is 4.89. The number of nitrogens with zero attached hydrogens (tertiary/aromatic N) is 1. The lowest BCUT2D eigenvalue weighted by atomic mass is 10.0. The summed E-state index contributed by atoms with van der Waals surface area (Å²) in [7, 11) is 0. The first kappa shape index (κ1) is 17.0. The normalized spacial score (nSPS) is 15.3. The van der Waals surface area contributed by atoms with Gasteiger partial charge in [-0.3, -0.25) is 14.4 Å². The maximum Gasteiger partial charge on any atom is 0.258 e. The second-order valence-corrected chi connectivity index (χ2v) is 6.67. The topological polar surface area (TPSA) is 78.5 Å². The Hall–Kier alpha value is -3.41. The number of nitrogens with one attached hydrogen (secondary N) is 2. The molecule has 3 amide bonds. The highest BCUT2D eigenvalue weighted by atomic mass is 16.2. The van der Waals surface area contributed by atoms with E-state index in [1.54, 1.807) is 23.1 Å². The Morgan fingerprint density at radius 3 is 2.67 bits per heavy atom. The van der Waals surface area contributed by atoms with Crippen molar-refractivity contribution < 1.29 is 14.4 Å². The third-order valence-corrected chi connectivity index (χ3v) is 4.89. The highest BCUT2D eigenvalue weighted by Crippen LogP contribution is 2.31. The molecule has 0 spiro atoms. The molecule has 0 atom stereocenters. The van der Waals surface area contributed by atoms with Crippen LogP contribution in [0.5, 0.6) is 0 Å². The van der Waals surface area contributed by atoms with Crippen molar-refractivity contribution in [1.82, 2.24) is 4.90 Å². The van der Waals surface area contributed by atoms with Crippen LogP contribution < -0.4 is 10.6 Å². The number of aryl methyl sites for hydroxylation is 1. The van der Waals surface area contributed by atoms with Gasteiger partial charge >= 0.3 is 0 Å². The largest absolute Gasteiger partial charge is 0.326 e. The highest BCUT2D eigenvalue weighted by Gasteiger charge is 2.30. The Morgan fingerprint density at radius 2 is 1.89 bits per heavy atom. The Balaban J connectivity index is 1.38. The second kappa shape index (κ2) is 6.72. The van der Waals surface area contributed by atoms with Crippen molar-refractivity contribution in [3.05, 3.63) is 65.7 Å². The summed E-state index contributed by atoms with van der Waals surface area (Å²) in [5.41, 5.74) is 4.56. The fourth-order valence-electron chi connectivity index (χ4n) is 3.47. The quantitative estimate of drug-likeness (QED) is 0.879. The minimum Gasteiger partial charge on any atom is -0.326 e. The van der Waals surface area contributed by atoms with Crippen LogP contribution in [0.1, 0.15) is 34.3 Å². The average molecular weight is 361 g/mol. The molecule has 2 N–H and O–H groups in total. The van der Waals surface area contributed by atoms with Gasteiger partial charge in [0, 0.05) is 47.6 Å². The summed E-state index contributed by atoms with van der Waals surface area (Å²) in [6.07, 6.45) is 1.28. The second-order valence-electron chi connectivity index (χ2n) is 6.67. The van der Waals surface area contributed by atoms with E-state index in [2.05, 4.69) is 17.2 Å². The molecule has 0 radical (unpaired) electrons. The highest BCUT2D eigenvalue weighted by molar-refractivity contribution is 6.09. The van der Waals surface area contributed by atoms with E-state index in [4.69, 9.17) is 0 Å². The van der Waals surface area contributed by atoms with E-state index in [-0.39, 0.29) is 30.7 Å². The van der Waals surface area contributed by atoms with Gasteiger partial charge in [-0.15, -0.1) is 0 Å². The molecule has 6 nitrogen and oxygen atoms in total. The van der Waals surface area contributed by atoms with Gasteiger partial charge < -0.3 is 15.5 Å². The van der Waals surface area contributed by atoms with Gasteiger partial charge in [0.2, 0.25) is 11.8 Å². The smallest absolute Gasteiger partial charge is 0.258 e. The predicted octanol–water partition coefficient (Wildman–Crippen LogP) is 3.03. The van der Waals surface area contributed by atoms with Crippen molar-refractivity contribution >= 4 is 34.8 Å². The first-order valence-electron chi connectivity index (χ1n) is 8.86. The average Bonchev–Trinajstić information content (AvgIpc) is 2.91. The van der Waals surface area contributed by atoms with Gasteiger partial charge in [-0.2, -0.15) is 0 Å². The molecule has 0 fully saturated rings. The van der Waals surface area contributed by atoms with E-state index < -0.39 is 0 Å². The molecule has 2 aromatic rings. The van der Waals surface area contributed by atoms with Crippen LogP contribution in [0.4, 0.5) is 11.4 Å². The minimum atomic E-state index is -0.175. The fraction of sp³-hybridized carbons (Fsp3) is 0.190. The lowest BCUT2D eigenvalue weighted by Gasteiger charge is -2.19. The Kier molecular flexibility index (Phi) is 4.24. The monoisotopic (exact) mass is 361 g/mol. The number of benzene rings is 2. The van der Waals surface area contributed by atoms with Crippen LogP contribution in [0.15, 0.2) is 49.0 Å².